The lowest BCUT2D eigenvalue weighted by Crippen LogP contribution is -2.68. The topological polar surface area (TPSA) is 233 Å². The Hall–Kier alpha value is -3.58. The zero-order chi connectivity index (χ0) is 27.7. The third-order valence-corrected chi connectivity index (χ3v) is 6.43. The van der Waals surface area contributed by atoms with E-state index in [1.54, 1.807) is 0 Å². The van der Waals surface area contributed by atoms with E-state index in [2.05, 4.69) is 14.4 Å². The second-order valence-electron chi connectivity index (χ2n) is 8.32. The van der Waals surface area contributed by atoms with Gasteiger partial charge in [0.05, 0.1) is 24.3 Å². The normalized spacial score (nSPS) is 18.4. The Bertz CT molecular complexity index is 1400. The monoisotopic (exact) mass is 561 g/mol. The summed E-state index contributed by atoms with van der Waals surface area (Å²) < 4.78 is 40.7. The molecule has 3 heterocycles. The minimum atomic E-state index is -4.97. The second kappa shape index (κ2) is 10.4. The van der Waals surface area contributed by atoms with Crippen molar-refractivity contribution in [2.75, 3.05) is 19.5 Å². The van der Waals surface area contributed by atoms with Crippen LogP contribution < -0.4 is 11.2 Å². The van der Waals surface area contributed by atoms with Crippen molar-refractivity contribution in [2.24, 2.45) is 11.1 Å². The average Bonchev–Trinajstić information content (AvgIpc) is 3.22. The van der Waals surface area contributed by atoms with Gasteiger partial charge in [-0.25, -0.2) is 4.98 Å². The van der Waals surface area contributed by atoms with Crippen molar-refractivity contribution in [3.63, 3.8) is 0 Å². The van der Waals surface area contributed by atoms with Gasteiger partial charge in [0.2, 0.25) is 5.43 Å². The van der Waals surface area contributed by atoms with Crippen LogP contribution in [0.2, 0.25) is 0 Å². The first kappa shape index (κ1) is 28.0. The highest BCUT2D eigenvalue weighted by Gasteiger charge is 2.57. The van der Waals surface area contributed by atoms with Crippen LogP contribution in [0.5, 0.6) is 5.75 Å². The van der Waals surface area contributed by atoms with E-state index in [1.807, 2.05) is 0 Å². The summed E-state index contributed by atoms with van der Waals surface area (Å²) in [7, 11) is -3.67. The number of ketones is 1. The van der Waals surface area contributed by atoms with Gasteiger partial charge >= 0.3 is 10.4 Å². The van der Waals surface area contributed by atoms with Crippen LogP contribution >= 0.6 is 11.3 Å². The van der Waals surface area contributed by atoms with Crippen LogP contribution in [0.15, 0.2) is 27.6 Å². The lowest BCUT2D eigenvalue weighted by atomic mass is 9.74. The molecule has 3 rings (SSSR count). The molecule has 1 saturated heterocycles. The molecule has 2 atom stereocenters. The predicted octanol–water partition coefficient (Wildman–Crippen LogP) is -0.131. The molecule has 0 bridgehead atoms. The summed E-state index contributed by atoms with van der Waals surface area (Å²) in [6.07, 6.45) is -0.969. The molecule has 5 N–H and O–H groups in total. The third-order valence-electron chi connectivity index (χ3n) is 5.42. The first-order valence-electron chi connectivity index (χ1n) is 10.3. The van der Waals surface area contributed by atoms with Gasteiger partial charge in [-0.1, -0.05) is 5.16 Å². The Kier molecular flexibility index (Phi) is 7.89. The Morgan fingerprint density at radius 1 is 1.38 bits per heavy atom. The van der Waals surface area contributed by atoms with Gasteiger partial charge in [-0.2, -0.15) is 18.2 Å². The van der Waals surface area contributed by atoms with Crippen LogP contribution in [0.25, 0.3) is 0 Å². The minimum Gasteiger partial charge on any atom is -0.503 e. The average molecular weight is 562 g/mol. The van der Waals surface area contributed by atoms with Crippen LogP contribution in [0.3, 0.4) is 0 Å². The molecule has 18 heteroatoms. The number of hydrogen-bond acceptors (Lipinski definition) is 14. The highest BCUT2D eigenvalue weighted by molar-refractivity contribution is 7.80. The summed E-state index contributed by atoms with van der Waals surface area (Å²) in [5, 5.41) is 25.4. The van der Waals surface area contributed by atoms with E-state index in [0.717, 1.165) is 23.6 Å². The Morgan fingerprint density at radius 2 is 2.05 bits per heavy atom. The number of pyridine rings is 1. The van der Waals surface area contributed by atoms with Crippen LogP contribution in [-0.2, 0) is 33.8 Å². The quantitative estimate of drug-likeness (QED) is 0.0921. The molecule has 0 aromatic carbocycles. The molecule has 0 saturated carbocycles. The number of nitrogens with zero attached hydrogens (tertiary/aromatic N) is 4. The Labute approximate surface area is 213 Å². The number of thiazole rings is 1. The Morgan fingerprint density at radius 3 is 2.59 bits per heavy atom. The smallest absolute Gasteiger partial charge is 0.418 e. The van der Waals surface area contributed by atoms with Gasteiger partial charge in [0.25, 0.3) is 5.91 Å². The highest BCUT2D eigenvalue weighted by Crippen LogP contribution is 2.40. The van der Waals surface area contributed by atoms with E-state index < -0.39 is 57.2 Å². The molecule has 1 unspecified atom stereocenters. The van der Waals surface area contributed by atoms with Crippen LogP contribution in [0, 0.1) is 5.92 Å². The summed E-state index contributed by atoms with van der Waals surface area (Å²) in [6.45, 7) is 2.60. The van der Waals surface area contributed by atoms with Gasteiger partial charge in [0, 0.05) is 25.0 Å². The molecule has 0 aliphatic carbocycles. The number of carbonyl (C=O) groups excluding carboxylic acids is 2. The number of carbonyl (C=O) groups is 2. The number of β-lactam (4-membered cyclic amide) rings is 1. The molecule has 1 amide bonds. The summed E-state index contributed by atoms with van der Waals surface area (Å²) in [6, 6.07) is 0.885. The van der Waals surface area contributed by atoms with Gasteiger partial charge in [0.1, 0.15) is 11.4 Å². The number of oxime groups is 1. The summed E-state index contributed by atoms with van der Waals surface area (Å²) in [4.78, 5) is 47.0. The molecular formula is C19H23N5O11S2. The summed E-state index contributed by atoms with van der Waals surface area (Å²) in [5.41, 5.74) is 3.03. The molecule has 202 valence electrons. The van der Waals surface area contributed by atoms with Crippen LogP contribution in [0.1, 0.15) is 37.8 Å². The van der Waals surface area contributed by atoms with Crippen molar-refractivity contribution >= 4 is 44.3 Å². The minimum absolute atomic E-state index is 0.00591. The molecular weight excluding hydrogens is 538 g/mol. The molecule has 16 nitrogen and oxygen atoms in total. The maximum atomic E-state index is 13.2. The molecule has 2 aromatic rings. The van der Waals surface area contributed by atoms with Gasteiger partial charge in [-0.05, 0) is 13.8 Å². The van der Waals surface area contributed by atoms with Gasteiger partial charge in [-0.15, -0.1) is 15.6 Å². The number of aromatic hydroxyl groups is 1. The number of nitrogens with two attached hydrogens (primary N) is 1. The number of Topliss-reactive ketones (excluding diaryl/α,β-unsaturated/α-hetero) is 1. The van der Waals surface area contributed by atoms with E-state index in [1.165, 1.54) is 26.3 Å². The third kappa shape index (κ3) is 6.05. The zero-order valence-corrected chi connectivity index (χ0v) is 21.2. The molecule has 0 spiro atoms. The first-order valence-corrected chi connectivity index (χ1v) is 12.5. The predicted molar refractivity (Wildman–Crippen MR) is 125 cm³/mol. The maximum Gasteiger partial charge on any atom is 0.418 e. The molecule has 1 aliphatic heterocycles. The van der Waals surface area contributed by atoms with Gasteiger partial charge < -0.3 is 25.6 Å². The lowest BCUT2D eigenvalue weighted by molar-refractivity contribution is -0.228. The number of anilines is 1. The molecule has 37 heavy (non-hydrogen) atoms. The molecule has 1 fully saturated rings. The fourth-order valence-electron chi connectivity index (χ4n) is 3.49. The fourth-order valence-corrected chi connectivity index (χ4v) is 4.49. The number of rotatable bonds is 11. The number of aromatic nitrogens is 2. The lowest BCUT2D eigenvalue weighted by Gasteiger charge is -2.50. The van der Waals surface area contributed by atoms with E-state index in [0.29, 0.717) is 9.79 Å². The van der Waals surface area contributed by atoms with Crippen molar-refractivity contribution in [2.45, 2.75) is 31.9 Å². The largest absolute Gasteiger partial charge is 0.503 e. The number of amides is 1. The molecule has 0 radical (unpaired) electrons. The first-order chi connectivity index (χ1) is 17.2. The maximum absolute atomic E-state index is 13.2. The van der Waals surface area contributed by atoms with Crippen molar-refractivity contribution < 1.29 is 46.7 Å². The van der Waals surface area contributed by atoms with E-state index >= 15 is 0 Å². The number of hydroxylamine groups is 2. The van der Waals surface area contributed by atoms with Gasteiger partial charge in [-0.3, -0.25) is 18.9 Å². The fraction of sp³-hybridized carbons (Fsp3) is 0.421. The molecule has 1 aliphatic rings. The van der Waals surface area contributed by atoms with Gasteiger partial charge in [0.15, 0.2) is 28.5 Å². The zero-order valence-electron chi connectivity index (χ0n) is 19.6. The number of nitrogen functional groups attached to an aromatic ring is 1. The van der Waals surface area contributed by atoms with Crippen LogP contribution in [-0.4, -0.2) is 74.7 Å². The SMILES string of the molecule is COCC(O/N=C(\C(=O)C[C@@H]1C(=O)N(OS(=O)(=O)O)C1(C)C)c1csc(N)n1)c1cc(=O)c(O)cn1O. The highest BCUT2D eigenvalue weighted by atomic mass is 32.3. The van der Waals surface area contributed by atoms with Crippen molar-refractivity contribution in [3.05, 3.63) is 39.3 Å². The number of methoxy groups -OCH3 is 1. The summed E-state index contributed by atoms with van der Waals surface area (Å²) >= 11 is 0.993. The van der Waals surface area contributed by atoms with Crippen molar-refractivity contribution in [1.29, 1.82) is 0 Å². The van der Waals surface area contributed by atoms with Crippen LogP contribution in [0.4, 0.5) is 5.13 Å². The summed E-state index contributed by atoms with van der Waals surface area (Å²) in [5.74, 6) is -3.40. The molecule has 2 aromatic heterocycles. The second-order valence-corrected chi connectivity index (χ2v) is 10.2. The van der Waals surface area contributed by atoms with E-state index in [9.17, 15) is 33.1 Å². The van der Waals surface area contributed by atoms with Crippen molar-refractivity contribution in [3.8, 4) is 5.75 Å². The van der Waals surface area contributed by atoms with E-state index in [-0.39, 0.29) is 28.8 Å². The number of hydrogen-bond donors (Lipinski definition) is 4. The van der Waals surface area contributed by atoms with Crippen molar-refractivity contribution in [1.82, 2.24) is 14.8 Å². The number of ether oxygens (including phenoxy) is 1. The Balaban J connectivity index is 1.90. The van der Waals surface area contributed by atoms with E-state index in [4.69, 9.17) is 19.9 Å². The standard InChI is InChI=1S/C19H23N5O11S2/c1-19(2)9(17(28)24(19)35-37(30,31)32)4-13(26)16(10-8-36-18(20)21-10)22-34-15(7-33-3)11-5-12(25)14(27)6-23(11)29/h5-6,8-9,15,27,29H,4,7H2,1-3H3,(H2,20,21)(H,30,31,32)/b22-16-/t9-,15?/m1/s1.